The lowest BCUT2D eigenvalue weighted by Gasteiger charge is -2.49. The average Bonchev–Trinajstić information content (AvgIpc) is 3.41. The molecule has 0 saturated carbocycles. The van der Waals surface area contributed by atoms with Gasteiger partial charge in [-0.05, 0) is 43.1 Å². The molecule has 4 rings (SSSR count). The molecule has 2 aromatic heterocycles. The molecule has 4 heterocycles. The van der Waals surface area contributed by atoms with Crippen LogP contribution in [0.1, 0.15) is 30.9 Å². The van der Waals surface area contributed by atoms with Crippen molar-refractivity contribution in [3.05, 3.63) is 39.8 Å². The van der Waals surface area contributed by atoms with Crippen LogP contribution in [-0.2, 0) is 35.9 Å². The van der Waals surface area contributed by atoms with Gasteiger partial charge in [-0.2, -0.15) is 13.2 Å². The van der Waals surface area contributed by atoms with Gasteiger partial charge in [0.25, 0.3) is 11.8 Å². The van der Waals surface area contributed by atoms with Crippen LogP contribution in [0.15, 0.2) is 33.0 Å². The van der Waals surface area contributed by atoms with Crippen molar-refractivity contribution in [2.24, 2.45) is 12.2 Å². The van der Waals surface area contributed by atoms with Gasteiger partial charge in [-0.25, -0.2) is 19.1 Å². The molecule has 22 heteroatoms. The normalized spacial score (nSPS) is 17.9. The van der Waals surface area contributed by atoms with E-state index in [2.05, 4.69) is 20.4 Å². The van der Waals surface area contributed by atoms with Gasteiger partial charge in [-0.3, -0.25) is 14.5 Å². The molecular weight excluding hydrogens is 708 g/mol. The van der Waals surface area contributed by atoms with Crippen molar-refractivity contribution in [1.29, 1.82) is 0 Å². The maximum Gasteiger partial charge on any atom is 0.430 e. The number of nitrogen functional groups attached to an aromatic ring is 1. The van der Waals surface area contributed by atoms with Gasteiger partial charge >= 0.3 is 23.3 Å². The molecule has 2 atom stereocenters. The Morgan fingerprint density at radius 1 is 1.25 bits per heavy atom. The molecule has 0 aromatic carbocycles. The fourth-order valence-corrected chi connectivity index (χ4v) is 7.00. The SMILES string of the molecule is Cc1cc(C)[n+](C)c(SCC2=C(C(=O)O)N3C(=O)C(NC(=O)/C(=N\OC(C)(C)C(=O)O)c4csc(N)n4)C3SC2)n1.O=C([O-])C(F)(F)F. The third-order valence-electron chi connectivity index (χ3n) is 6.51. The van der Waals surface area contributed by atoms with Gasteiger partial charge in [-0.1, -0.05) is 5.16 Å². The summed E-state index contributed by atoms with van der Waals surface area (Å²) < 4.78 is 33.5. The maximum absolute atomic E-state index is 13.2. The summed E-state index contributed by atoms with van der Waals surface area (Å²) >= 11 is 3.73. The maximum atomic E-state index is 13.2. The minimum absolute atomic E-state index is 0.0321. The van der Waals surface area contributed by atoms with Crippen LogP contribution in [0.5, 0.6) is 0 Å². The number of carbonyl (C=O) groups is 5. The largest absolute Gasteiger partial charge is 0.542 e. The number of nitrogens with one attached hydrogen (secondary N) is 1. The summed E-state index contributed by atoms with van der Waals surface area (Å²) in [6.07, 6.45) is -5.19. The number of nitrogens with two attached hydrogens (primary N) is 1. The Balaban J connectivity index is 0.000000804. The number of anilines is 1. The summed E-state index contributed by atoms with van der Waals surface area (Å²) in [7, 11) is 1.87. The van der Waals surface area contributed by atoms with Crippen LogP contribution in [-0.4, -0.2) is 95.2 Å². The Labute approximate surface area is 282 Å². The van der Waals surface area contributed by atoms with Crippen molar-refractivity contribution in [2.75, 3.05) is 17.2 Å². The molecule has 2 amide bonds. The summed E-state index contributed by atoms with van der Waals surface area (Å²) in [5, 5.41) is 36.0. The molecule has 0 aliphatic carbocycles. The molecule has 2 aliphatic heterocycles. The third-order valence-corrected chi connectivity index (χ3v) is 9.64. The number of carboxylic acid groups (broad SMARTS) is 3. The van der Waals surface area contributed by atoms with Crippen molar-refractivity contribution in [1.82, 2.24) is 20.2 Å². The first-order valence-corrected chi connectivity index (χ1v) is 16.2. The van der Waals surface area contributed by atoms with E-state index in [1.165, 1.54) is 47.7 Å². The number of fused-ring (bicyclic) bond motifs is 1. The van der Waals surface area contributed by atoms with E-state index in [1.807, 2.05) is 31.5 Å². The molecule has 2 aromatic rings. The topological polar surface area (TPSA) is 241 Å². The average molecular weight is 736 g/mol. The van der Waals surface area contributed by atoms with Gasteiger partial charge in [0.1, 0.15) is 34.5 Å². The molecule has 1 saturated heterocycles. The van der Waals surface area contributed by atoms with Gasteiger partial charge in [-0.15, -0.1) is 23.1 Å². The van der Waals surface area contributed by atoms with Crippen LogP contribution in [0.2, 0.25) is 0 Å². The number of aryl methyl sites for hydroxylation is 2. The van der Waals surface area contributed by atoms with E-state index in [0.717, 1.165) is 27.9 Å². The summed E-state index contributed by atoms with van der Waals surface area (Å²) in [6, 6.07) is 0.891. The summed E-state index contributed by atoms with van der Waals surface area (Å²) in [4.78, 5) is 73.7. The number of β-lactam (4-membered cyclic amide) rings is 1. The van der Waals surface area contributed by atoms with Gasteiger partial charge in [0, 0.05) is 29.9 Å². The van der Waals surface area contributed by atoms with Crippen LogP contribution >= 0.6 is 34.9 Å². The molecule has 1 fully saturated rings. The standard InChI is InChI=1S/C24H27N7O7S3.C2HF3O2/c1-10-6-11(2)30(5)23(26-10)41-8-12-7-39-19-15(18(33)31(19)16(12)20(34)35)28-17(32)14(13-9-40-22(25)27-13)29-38-24(3,4)21(36)37;3-2(4,5)1(6)7/h6,9,15,19H,7-8H2,1-5H3,(H4-,25,27,28,32,34,35,36,37);(H,6,7)/b29-14-;. The Kier molecular flexibility index (Phi) is 11.7. The zero-order chi connectivity index (χ0) is 36.3. The minimum atomic E-state index is -5.19. The van der Waals surface area contributed by atoms with Crippen molar-refractivity contribution in [2.45, 2.75) is 56.0 Å². The third kappa shape index (κ3) is 8.72. The second-order valence-corrected chi connectivity index (χ2v) is 13.4. The Bertz CT molecular complexity index is 1710. The fourth-order valence-electron chi connectivity index (χ4n) is 3.89. The zero-order valence-corrected chi connectivity index (χ0v) is 28.1. The van der Waals surface area contributed by atoms with E-state index in [0.29, 0.717) is 17.1 Å². The number of thiazole rings is 1. The summed E-state index contributed by atoms with van der Waals surface area (Å²) in [5.41, 5.74) is 5.88. The molecule has 2 aliphatic rings. The summed E-state index contributed by atoms with van der Waals surface area (Å²) in [5.74, 6) is -6.39. The van der Waals surface area contributed by atoms with E-state index in [-0.39, 0.29) is 22.2 Å². The highest BCUT2D eigenvalue weighted by Gasteiger charge is 2.54. The van der Waals surface area contributed by atoms with Crippen LogP contribution in [0.3, 0.4) is 0 Å². The first-order valence-electron chi connectivity index (χ1n) is 13.3. The number of thioether (sulfide) groups is 2. The molecule has 16 nitrogen and oxygen atoms in total. The molecular formula is C26H28F3N7O9S3. The quantitative estimate of drug-likeness (QED) is 0.0626. The van der Waals surface area contributed by atoms with E-state index < -0.39 is 52.9 Å². The number of nitrogens with zero attached hydrogens (tertiary/aromatic N) is 5. The molecule has 5 N–H and O–H groups in total. The van der Waals surface area contributed by atoms with Crippen LogP contribution in [0.4, 0.5) is 18.3 Å². The predicted molar refractivity (Wildman–Crippen MR) is 162 cm³/mol. The molecule has 260 valence electrons. The predicted octanol–water partition coefficient (Wildman–Crippen LogP) is -0.0250. The first-order chi connectivity index (χ1) is 22.1. The van der Waals surface area contributed by atoms with E-state index >= 15 is 0 Å². The number of alkyl halides is 3. The zero-order valence-electron chi connectivity index (χ0n) is 25.6. The molecule has 0 radical (unpaired) electrons. The lowest BCUT2D eigenvalue weighted by molar-refractivity contribution is -0.719. The van der Waals surface area contributed by atoms with E-state index in [9.17, 15) is 42.6 Å². The Morgan fingerprint density at radius 3 is 2.40 bits per heavy atom. The Morgan fingerprint density at radius 2 is 1.88 bits per heavy atom. The monoisotopic (exact) mass is 735 g/mol. The highest BCUT2D eigenvalue weighted by molar-refractivity contribution is 8.01. The number of rotatable bonds is 10. The van der Waals surface area contributed by atoms with Crippen molar-refractivity contribution in [3.63, 3.8) is 0 Å². The number of hydrogen-bond donors (Lipinski definition) is 4. The number of amides is 2. The van der Waals surface area contributed by atoms with Crippen LogP contribution in [0, 0.1) is 13.8 Å². The van der Waals surface area contributed by atoms with Crippen molar-refractivity contribution < 1.29 is 61.9 Å². The molecule has 48 heavy (non-hydrogen) atoms. The lowest BCUT2D eigenvalue weighted by atomic mass is 10.0. The number of aliphatic carboxylic acids is 3. The number of aromatic nitrogens is 3. The van der Waals surface area contributed by atoms with Gasteiger partial charge in [0.05, 0.1) is 7.05 Å². The van der Waals surface area contributed by atoms with Gasteiger partial charge in [0.15, 0.2) is 16.5 Å². The van der Waals surface area contributed by atoms with Crippen LogP contribution in [0.25, 0.3) is 0 Å². The van der Waals surface area contributed by atoms with Crippen molar-refractivity contribution >= 4 is 75.4 Å². The fraction of sp³-hybridized carbons (Fsp3) is 0.423. The second kappa shape index (κ2) is 14.8. The van der Waals surface area contributed by atoms with Gasteiger partial charge < -0.3 is 36.0 Å². The first kappa shape index (κ1) is 38.0. The number of hydrogen-bond acceptors (Lipinski definition) is 14. The van der Waals surface area contributed by atoms with E-state index in [4.69, 9.17) is 20.5 Å². The molecule has 0 bridgehead atoms. The van der Waals surface area contributed by atoms with Crippen molar-refractivity contribution in [3.8, 4) is 0 Å². The van der Waals surface area contributed by atoms with Crippen LogP contribution < -0.4 is 20.7 Å². The highest BCUT2D eigenvalue weighted by atomic mass is 32.2. The number of carboxylic acids is 3. The van der Waals surface area contributed by atoms with E-state index in [1.54, 1.807) is 0 Å². The second-order valence-electron chi connectivity index (χ2n) is 10.5. The lowest BCUT2D eigenvalue weighted by Crippen LogP contribution is -2.71. The smallest absolute Gasteiger partial charge is 0.430 e. The van der Waals surface area contributed by atoms with Gasteiger partial charge in [0.2, 0.25) is 5.60 Å². The molecule has 2 unspecified atom stereocenters. The Hall–Kier alpha value is -4.44. The summed E-state index contributed by atoms with van der Waals surface area (Å²) in [6.45, 7) is 6.34. The highest BCUT2D eigenvalue weighted by Crippen LogP contribution is 2.41. The minimum Gasteiger partial charge on any atom is -0.542 e. The number of oxime groups is 1. The molecule has 0 spiro atoms. The number of carbonyl (C=O) groups excluding carboxylic acids is 3. The number of halogens is 3.